The minimum absolute atomic E-state index is 0.00940. The normalized spacial score (nSPS) is 22.3. The highest BCUT2D eigenvalue weighted by Crippen LogP contribution is 2.35. The Labute approximate surface area is 109 Å². The molecule has 1 aromatic carbocycles. The molecule has 1 N–H and O–H groups in total. The summed E-state index contributed by atoms with van der Waals surface area (Å²) in [5.74, 6) is 0.218. The summed E-state index contributed by atoms with van der Waals surface area (Å²) in [6, 6.07) is 8.72. The van der Waals surface area contributed by atoms with Crippen LogP contribution in [0, 0.1) is 0 Å². The third-order valence-electron chi connectivity index (χ3n) is 3.75. The second-order valence-corrected chi connectivity index (χ2v) is 5.46. The maximum Gasteiger partial charge on any atom is 0.230 e. The van der Waals surface area contributed by atoms with Crippen molar-refractivity contribution < 1.29 is 4.79 Å². The third-order valence-corrected chi connectivity index (χ3v) is 3.75. The van der Waals surface area contributed by atoms with Crippen LogP contribution in [0.25, 0.3) is 0 Å². The zero-order valence-corrected chi connectivity index (χ0v) is 11.6. The molecule has 1 heterocycles. The van der Waals surface area contributed by atoms with Gasteiger partial charge in [-0.3, -0.25) is 4.79 Å². The van der Waals surface area contributed by atoms with Gasteiger partial charge in [-0.25, -0.2) is 0 Å². The standard InChI is InChI=1S/C15H22N2O/c1-10(2)17(4)15(18)13-9-11(3)16-14-8-6-5-7-12(13)14/h5-8,10-11,13,16H,9H2,1-4H3. The lowest BCUT2D eigenvalue weighted by atomic mass is 9.86. The van der Waals surface area contributed by atoms with Crippen molar-refractivity contribution in [1.82, 2.24) is 4.90 Å². The number of nitrogens with one attached hydrogen (secondary N) is 1. The molecule has 1 aliphatic rings. The van der Waals surface area contributed by atoms with Crippen LogP contribution in [0.15, 0.2) is 24.3 Å². The van der Waals surface area contributed by atoms with Crippen LogP contribution in [0.1, 0.15) is 38.7 Å². The van der Waals surface area contributed by atoms with Crippen molar-refractivity contribution in [2.24, 2.45) is 0 Å². The van der Waals surface area contributed by atoms with Crippen LogP contribution in [0.4, 0.5) is 5.69 Å². The number of hydrogen-bond donors (Lipinski definition) is 1. The van der Waals surface area contributed by atoms with Crippen LogP contribution >= 0.6 is 0 Å². The van der Waals surface area contributed by atoms with Crippen molar-refractivity contribution in [2.75, 3.05) is 12.4 Å². The summed E-state index contributed by atoms with van der Waals surface area (Å²) in [5.41, 5.74) is 2.24. The van der Waals surface area contributed by atoms with Gasteiger partial charge in [-0.1, -0.05) is 18.2 Å². The number of amides is 1. The summed E-state index contributed by atoms with van der Waals surface area (Å²) in [5, 5.41) is 3.44. The zero-order valence-electron chi connectivity index (χ0n) is 11.6. The molecule has 1 aromatic rings. The van der Waals surface area contributed by atoms with E-state index in [-0.39, 0.29) is 17.9 Å². The Morgan fingerprint density at radius 1 is 1.39 bits per heavy atom. The quantitative estimate of drug-likeness (QED) is 0.870. The molecule has 0 bridgehead atoms. The largest absolute Gasteiger partial charge is 0.382 e. The van der Waals surface area contributed by atoms with Gasteiger partial charge in [-0.05, 0) is 38.8 Å². The van der Waals surface area contributed by atoms with Crippen molar-refractivity contribution in [2.45, 2.75) is 45.2 Å². The van der Waals surface area contributed by atoms with E-state index in [2.05, 4.69) is 24.4 Å². The average molecular weight is 246 g/mol. The summed E-state index contributed by atoms with van der Waals surface area (Å²) in [6.45, 7) is 6.23. The van der Waals surface area contributed by atoms with E-state index in [0.29, 0.717) is 6.04 Å². The molecule has 0 fully saturated rings. The molecule has 3 heteroatoms. The van der Waals surface area contributed by atoms with Gasteiger partial charge in [0.1, 0.15) is 0 Å². The molecule has 3 nitrogen and oxygen atoms in total. The molecule has 18 heavy (non-hydrogen) atoms. The fourth-order valence-electron chi connectivity index (χ4n) is 2.47. The molecular formula is C15H22N2O. The van der Waals surface area contributed by atoms with Gasteiger partial charge < -0.3 is 10.2 Å². The van der Waals surface area contributed by atoms with Crippen LogP contribution in [-0.4, -0.2) is 29.9 Å². The fourth-order valence-corrected chi connectivity index (χ4v) is 2.47. The van der Waals surface area contributed by atoms with E-state index in [1.165, 1.54) is 0 Å². The van der Waals surface area contributed by atoms with E-state index in [9.17, 15) is 4.79 Å². The van der Waals surface area contributed by atoms with Crippen LogP contribution < -0.4 is 5.32 Å². The molecule has 0 aliphatic carbocycles. The Morgan fingerprint density at radius 2 is 2.06 bits per heavy atom. The smallest absolute Gasteiger partial charge is 0.230 e. The van der Waals surface area contributed by atoms with Gasteiger partial charge in [0.05, 0.1) is 5.92 Å². The van der Waals surface area contributed by atoms with Crippen LogP contribution in [0.5, 0.6) is 0 Å². The summed E-state index contributed by atoms with van der Waals surface area (Å²) < 4.78 is 0. The van der Waals surface area contributed by atoms with Gasteiger partial charge in [-0.2, -0.15) is 0 Å². The highest BCUT2D eigenvalue weighted by atomic mass is 16.2. The number of benzene rings is 1. The molecule has 1 aliphatic heterocycles. The van der Waals surface area contributed by atoms with E-state index in [0.717, 1.165) is 17.7 Å². The lowest BCUT2D eigenvalue weighted by Crippen LogP contribution is -2.40. The van der Waals surface area contributed by atoms with Crippen LogP contribution in [-0.2, 0) is 4.79 Å². The highest BCUT2D eigenvalue weighted by Gasteiger charge is 2.31. The summed E-state index contributed by atoms with van der Waals surface area (Å²) in [6.07, 6.45) is 0.868. The number of nitrogens with zero attached hydrogens (tertiary/aromatic N) is 1. The predicted molar refractivity (Wildman–Crippen MR) is 74.8 cm³/mol. The minimum Gasteiger partial charge on any atom is -0.382 e. The third kappa shape index (κ3) is 2.35. The molecule has 0 saturated heterocycles. The Balaban J connectivity index is 2.31. The molecule has 1 amide bonds. The maximum atomic E-state index is 12.5. The van der Waals surface area contributed by atoms with E-state index < -0.39 is 0 Å². The van der Waals surface area contributed by atoms with E-state index in [4.69, 9.17) is 0 Å². The second kappa shape index (κ2) is 5.01. The molecule has 2 rings (SSSR count). The number of para-hydroxylation sites is 1. The zero-order chi connectivity index (χ0) is 13.3. The Hall–Kier alpha value is -1.51. The van der Waals surface area contributed by atoms with Crippen molar-refractivity contribution in [3.63, 3.8) is 0 Å². The van der Waals surface area contributed by atoms with Crippen molar-refractivity contribution >= 4 is 11.6 Å². The molecule has 0 spiro atoms. The summed E-state index contributed by atoms with van der Waals surface area (Å²) in [7, 11) is 1.89. The number of fused-ring (bicyclic) bond motifs is 1. The first-order valence-corrected chi connectivity index (χ1v) is 6.63. The van der Waals surface area contributed by atoms with Crippen molar-refractivity contribution in [3.8, 4) is 0 Å². The van der Waals surface area contributed by atoms with Crippen molar-refractivity contribution in [1.29, 1.82) is 0 Å². The topological polar surface area (TPSA) is 32.3 Å². The van der Waals surface area contributed by atoms with E-state index in [1.54, 1.807) is 0 Å². The van der Waals surface area contributed by atoms with E-state index in [1.807, 2.05) is 37.9 Å². The maximum absolute atomic E-state index is 12.5. The van der Waals surface area contributed by atoms with Crippen LogP contribution in [0.2, 0.25) is 0 Å². The van der Waals surface area contributed by atoms with Gasteiger partial charge in [0.2, 0.25) is 5.91 Å². The predicted octanol–water partition coefficient (Wildman–Crippen LogP) is 2.84. The molecule has 0 aromatic heterocycles. The summed E-state index contributed by atoms with van der Waals surface area (Å²) in [4.78, 5) is 14.4. The number of likely N-dealkylation sites (N-methyl/N-ethyl adjacent to an activating group) is 1. The molecule has 98 valence electrons. The lowest BCUT2D eigenvalue weighted by molar-refractivity contribution is -0.133. The number of anilines is 1. The van der Waals surface area contributed by atoms with Gasteiger partial charge >= 0.3 is 0 Å². The minimum atomic E-state index is -0.00940. The van der Waals surface area contributed by atoms with Crippen molar-refractivity contribution in [3.05, 3.63) is 29.8 Å². The van der Waals surface area contributed by atoms with Gasteiger partial charge in [0.25, 0.3) is 0 Å². The molecule has 0 saturated carbocycles. The SMILES string of the molecule is CC1CC(C(=O)N(C)C(C)C)c2ccccc2N1. The first kappa shape index (κ1) is 12.9. The Bertz CT molecular complexity index is 442. The first-order chi connectivity index (χ1) is 8.50. The molecular weight excluding hydrogens is 224 g/mol. The molecule has 2 atom stereocenters. The lowest BCUT2D eigenvalue weighted by Gasteiger charge is -2.34. The molecule has 2 unspecified atom stereocenters. The molecule has 0 radical (unpaired) electrons. The number of hydrogen-bond acceptors (Lipinski definition) is 2. The van der Waals surface area contributed by atoms with Crippen LogP contribution in [0.3, 0.4) is 0 Å². The number of rotatable bonds is 2. The second-order valence-electron chi connectivity index (χ2n) is 5.46. The fraction of sp³-hybridized carbons (Fsp3) is 0.533. The average Bonchev–Trinajstić information content (AvgIpc) is 2.35. The number of carbonyl (C=O) groups is 1. The Morgan fingerprint density at radius 3 is 2.72 bits per heavy atom. The van der Waals surface area contributed by atoms with Gasteiger partial charge in [0, 0.05) is 24.8 Å². The van der Waals surface area contributed by atoms with E-state index >= 15 is 0 Å². The number of carbonyl (C=O) groups excluding carboxylic acids is 1. The Kier molecular flexibility index (Phi) is 3.60. The highest BCUT2D eigenvalue weighted by molar-refractivity contribution is 5.86. The monoisotopic (exact) mass is 246 g/mol. The van der Waals surface area contributed by atoms with Gasteiger partial charge in [0.15, 0.2) is 0 Å². The summed E-state index contributed by atoms with van der Waals surface area (Å²) >= 11 is 0. The first-order valence-electron chi connectivity index (χ1n) is 6.63. The van der Waals surface area contributed by atoms with Gasteiger partial charge in [-0.15, -0.1) is 0 Å².